The van der Waals surface area contributed by atoms with Crippen LogP contribution in [0.2, 0.25) is 5.02 Å². The number of benzene rings is 1. The van der Waals surface area contributed by atoms with Crippen molar-refractivity contribution < 1.29 is 19.7 Å². The average molecular weight is 314 g/mol. The van der Waals surface area contributed by atoms with Crippen LogP contribution in [0, 0.1) is 0 Å². The monoisotopic (exact) mass is 313 g/mol. The molecule has 2 aliphatic heterocycles. The van der Waals surface area contributed by atoms with Gasteiger partial charge in [0.1, 0.15) is 0 Å². The van der Waals surface area contributed by atoms with Crippen molar-refractivity contribution in [1.29, 1.82) is 0 Å². The van der Waals surface area contributed by atoms with E-state index in [2.05, 4.69) is 4.90 Å². The maximum absolute atomic E-state index is 10.2. The molecule has 1 aromatic carbocycles. The predicted octanol–water partition coefficient (Wildman–Crippen LogP) is 1.78. The number of ether oxygens (including phenoxy) is 2. The van der Waals surface area contributed by atoms with Crippen molar-refractivity contribution in [2.75, 3.05) is 26.5 Å². The van der Waals surface area contributed by atoms with Crippen molar-refractivity contribution in [3.05, 3.63) is 22.7 Å². The summed E-state index contributed by atoms with van der Waals surface area (Å²) in [6.07, 6.45) is 2.07. The number of likely N-dealkylation sites (tertiary alicyclic amines) is 1. The molecule has 0 unspecified atom stereocenters. The van der Waals surface area contributed by atoms with Gasteiger partial charge in [-0.3, -0.25) is 4.90 Å². The predicted molar refractivity (Wildman–Crippen MR) is 78.7 cm³/mol. The summed E-state index contributed by atoms with van der Waals surface area (Å²) in [6.45, 7) is 2.39. The molecular weight excluding hydrogens is 294 g/mol. The highest BCUT2D eigenvalue weighted by Crippen LogP contribution is 2.37. The Bertz CT molecular complexity index is 525. The fourth-order valence-corrected chi connectivity index (χ4v) is 3.09. The van der Waals surface area contributed by atoms with Crippen molar-refractivity contribution in [3.8, 4) is 11.5 Å². The molecule has 0 amide bonds. The van der Waals surface area contributed by atoms with Crippen LogP contribution in [0.1, 0.15) is 24.8 Å². The van der Waals surface area contributed by atoms with Gasteiger partial charge in [0, 0.05) is 24.2 Å². The first-order valence-corrected chi connectivity index (χ1v) is 7.61. The molecule has 0 aliphatic carbocycles. The molecule has 0 saturated carbocycles. The summed E-state index contributed by atoms with van der Waals surface area (Å²) in [5.41, 5.74) is 0.0586. The van der Waals surface area contributed by atoms with Crippen molar-refractivity contribution in [1.82, 2.24) is 4.90 Å². The fourth-order valence-electron chi connectivity index (χ4n) is 2.87. The molecule has 21 heavy (non-hydrogen) atoms. The fraction of sp³-hybridized carbons (Fsp3) is 0.600. The van der Waals surface area contributed by atoms with E-state index >= 15 is 0 Å². The van der Waals surface area contributed by atoms with E-state index in [0.717, 1.165) is 30.8 Å². The summed E-state index contributed by atoms with van der Waals surface area (Å²) < 4.78 is 10.7. The Balaban J connectivity index is 1.69. The lowest BCUT2D eigenvalue weighted by atomic mass is 9.96. The van der Waals surface area contributed by atoms with Gasteiger partial charge in [0.15, 0.2) is 11.5 Å². The minimum Gasteiger partial charge on any atom is -0.454 e. The van der Waals surface area contributed by atoms with E-state index in [1.54, 1.807) is 6.07 Å². The highest BCUT2D eigenvalue weighted by molar-refractivity contribution is 6.31. The zero-order valence-corrected chi connectivity index (χ0v) is 12.6. The Morgan fingerprint density at radius 3 is 2.71 bits per heavy atom. The third-order valence-corrected chi connectivity index (χ3v) is 4.59. The van der Waals surface area contributed by atoms with Gasteiger partial charge in [-0.15, -0.1) is 0 Å². The van der Waals surface area contributed by atoms with Gasteiger partial charge in [-0.1, -0.05) is 11.6 Å². The van der Waals surface area contributed by atoms with Gasteiger partial charge >= 0.3 is 0 Å². The van der Waals surface area contributed by atoms with E-state index in [1.165, 1.54) is 0 Å². The number of aliphatic hydroxyl groups is 2. The normalized spacial score (nSPS) is 25.9. The molecule has 2 aliphatic rings. The van der Waals surface area contributed by atoms with Crippen molar-refractivity contribution in [2.24, 2.45) is 0 Å². The summed E-state index contributed by atoms with van der Waals surface area (Å²) in [5, 5.41) is 20.1. The number of nitrogens with zero attached hydrogens (tertiary/aromatic N) is 1. The second kappa shape index (κ2) is 6.01. The molecule has 0 aromatic heterocycles. The molecule has 6 heteroatoms. The van der Waals surface area contributed by atoms with Crippen molar-refractivity contribution in [3.63, 3.8) is 0 Å². The van der Waals surface area contributed by atoms with Crippen LogP contribution in [-0.2, 0) is 6.54 Å². The molecule has 0 radical (unpaired) electrons. The molecule has 2 heterocycles. The van der Waals surface area contributed by atoms with Gasteiger partial charge in [0.2, 0.25) is 6.79 Å². The molecule has 0 spiro atoms. The topological polar surface area (TPSA) is 62.2 Å². The number of fused-ring (bicyclic) bond motifs is 1. The van der Waals surface area contributed by atoms with Crippen LogP contribution in [0.3, 0.4) is 0 Å². The Hall–Kier alpha value is -1.01. The van der Waals surface area contributed by atoms with Gasteiger partial charge < -0.3 is 19.7 Å². The van der Waals surface area contributed by atoms with Crippen LogP contribution in [0.4, 0.5) is 0 Å². The number of hydrogen-bond donors (Lipinski definition) is 2. The molecular formula is C15H20ClNO4. The summed E-state index contributed by atoms with van der Waals surface area (Å²) >= 11 is 6.30. The third-order valence-electron chi connectivity index (χ3n) is 4.24. The lowest BCUT2D eigenvalue weighted by molar-refractivity contribution is -0.0255. The third kappa shape index (κ3) is 3.26. The Morgan fingerprint density at radius 1 is 1.19 bits per heavy atom. The van der Waals surface area contributed by atoms with E-state index in [9.17, 15) is 10.2 Å². The van der Waals surface area contributed by atoms with Gasteiger partial charge in [0.25, 0.3) is 0 Å². The number of hydrogen-bond acceptors (Lipinski definition) is 5. The molecule has 1 atom stereocenters. The van der Waals surface area contributed by atoms with Crippen LogP contribution in [0.15, 0.2) is 12.1 Å². The largest absolute Gasteiger partial charge is 0.454 e. The highest BCUT2D eigenvalue weighted by atomic mass is 35.5. The van der Waals surface area contributed by atoms with E-state index in [1.807, 2.05) is 6.07 Å². The van der Waals surface area contributed by atoms with Gasteiger partial charge in [-0.25, -0.2) is 0 Å². The summed E-state index contributed by atoms with van der Waals surface area (Å²) in [7, 11) is 0. The number of aliphatic hydroxyl groups excluding tert-OH is 1. The van der Waals surface area contributed by atoms with Crippen molar-refractivity contribution >= 4 is 11.6 Å². The molecule has 1 saturated heterocycles. The number of rotatable bonds is 3. The zero-order chi connectivity index (χ0) is 14.9. The average Bonchev–Trinajstić information content (AvgIpc) is 2.83. The van der Waals surface area contributed by atoms with Crippen LogP contribution in [-0.4, -0.2) is 47.2 Å². The molecule has 0 bridgehead atoms. The van der Waals surface area contributed by atoms with Gasteiger partial charge in [-0.05, 0) is 37.4 Å². The highest BCUT2D eigenvalue weighted by Gasteiger charge is 2.29. The van der Waals surface area contributed by atoms with Gasteiger partial charge in [-0.2, -0.15) is 0 Å². The standard InChI is InChI=1S/C15H20ClNO4/c16-12-7-14-13(20-10-21-14)6-11(12)8-17-4-1-2-15(19,9-18)3-5-17/h6-7,18-19H,1-5,8-10H2/t15-/m1/s1. The first-order chi connectivity index (χ1) is 10.1. The molecule has 1 aromatic rings. The molecule has 1 fully saturated rings. The Kier molecular flexibility index (Phi) is 4.26. The minimum atomic E-state index is -0.937. The maximum Gasteiger partial charge on any atom is 0.231 e. The zero-order valence-electron chi connectivity index (χ0n) is 11.8. The summed E-state index contributed by atoms with van der Waals surface area (Å²) in [6, 6.07) is 3.72. The molecule has 2 N–H and O–H groups in total. The van der Waals surface area contributed by atoms with Gasteiger partial charge in [0.05, 0.1) is 12.2 Å². The first kappa shape index (κ1) is 14.9. The minimum absolute atomic E-state index is 0.175. The lowest BCUT2D eigenvalue weighted by Crippen LogP contribution is -2.34. The Labute approximate surface area is 129 Å². The number of halogens is 1. The SMILES string of the molecule is OC[C@@]1(O)CCCN(Cc2cc3c(cc2Cl)OCO3)CC1. The smallest absolute Gasteiger partial charge is 0.231 e. The quantitative estimate of drug-likeness (QED) is 0.890. The second-order valence-corrected chi connectivity index (χ2v) is 6.22. The van der Waals surface area contributed by atoms with Crippen LogP contribution >= 0.6 is 11.6 Å². The lowest BCUT2D eigenvalue weighted by Gasteiger charge is -2.24. The van der Waals surface area contributed by atoms with E-state index in [0.29, 0.717) is 30.2 Å². The maximum atomic E-state index is 10.2. The van der Waals surface area contributed by atoms with E-state index < -0.39 is 5.60 Å². The first-order valence-electron chi connectivity index (χ1n) is 7.23. The van der Waals surface area contributed by atoms with Crippen LogP contribution in [0.5, 0.6) is 11.5 Å². The van der Waals surface area contributed by atoms with E-state index in [4.69, 9.17) is 21.1 Å². The molecule has 116 valence electrons. The Morgan fingerprint density at radius 2 is 1.95 bits per heavy atom. The summed E-state index contributed by atoms with van der Waals surface area (Å²) in [4.78, 5) is 2.25. The summed E-state index contributed by atoms with van der Waals surface area (Å²) in [5.74, 6) is 1.42. The van der Waals surface area contributed by atoms with E-state index in [-0.39, 0.29) is 13.4 Å². The molecule has 3 rings (SSSR count). The van der Waals surface area contributed by atoms with Crippen molar-refractivity contribution in [2.45, 2.75) is 31.4 Å². The molecule has 5 nitrogen and oxygen atoms in total. The van der Waals surface area contributed by atoms with Crippen LogP contribution in [0.25, 0.3) is 0 Å². The van der Waals surface area contributed by atoms with Crippen LogP contribution < -0.4 is 9.47 Å². The second-order valence-electron chi connectivity index (χ2n) is 5.81.